The monoisotopic (exact) mass is 534 g/mol. The van der Waals surface area contributed by atoms with Crippen molar-refractivity contribution in [1.29, 1.82) is 0 Å². The summed E-state index contributed by atoms with van der Waals surface area (Å²) >= 11 is 6.58. The molecule has 0 aliphatic carbocycles. The van der Waals surface area contributed by atoms with Crippen LogP contribution in [0.15, 0.2) is 71.8 Å². The van der Waals surface area contributed by atoms with E-state index in [1.54, 1.807) is 26.8 Å². The van der Waals surface area contributed by atoms with Gasteiger partial charge in [-0.25, -0.2) is 9.48 Å². The second-order valence-corrected chi connectivity index (χ2v) is 9.85. The zero-order valence-electron chi connectivity index (χ0n) is 23.6. The quantitative estimate of drug-likeness (QED) is 0.224. The minimum Gasteiger partial charge on any atom is -0.478 e. The average molecular weight is 535 g/mol. The number of hydrogen-bond acceptors (Lipinski definition) is 3. The van der Waals surface area contributed by atoms with Crippen molar-refractivity contribution in [1.82, 2.24) is 9.78 Å². The second kappa shape index (κ2) is 13.4. The molecule has 0 aliphatic heterocycles. The number of rotatable bonds is 8. The number of allylic oxidation sites excluding steroid dienone is 4. The summed E-state index contributed by atoms with van der Waals surface area (Å²) in [6.45, 7) is 15.0. The minimum absolute atomic E-state index is 0.289. The van der Waals surface area contributed by atoms with E-state index in [0.717, 1.165) is 45.6 Å². The van der Waals surface area contributed by atoms with Crippen molar-refractivity contribution in [3.05, 3.63) is 99.2 Å². The smallest absolute Gasteiger partial charge is 0.331 e. The first-order chi connectivity index (χ1) is 17.9. The van der Waals surface area contributed by atoms with Crippen molar-refractivity contribution in [2.75, 3.05) is 0 Å². The summed E-state index contributed by atoms with van der Waals surface area (Å²) in [4.78, 5) is 11.2. The van der Waals surface area contributed by atoms with Crippen molar-refractivity contribution in [2.45, 2.75) is 67.4 Å². The molecule has 0 spiro atoms. The van der Waals surface area contributed by atoms with Gasteiger partial charge in [-0.1, -0.05) is 80.9 Å². The van der Waals surface area contributed by atoms with Gasteiger partial charge in [0, 0.05) is 11.1 Å². The topological polar surface area (TPSA) is 75.4 Å². The Hall–Kier alpha value is -3.41. The molecule has 2 N–H and O–H groups in total. The third-order valence-corrected chi connectivity index (χ3v) is 6.20. The van der Waals surface area contributed by atoms with Gasteiger partial charge in [-0.2, -0.15) is 5.10 Å². The maximum atomic E-state index is 11.2. The number of carboxylic acid groups (broad SMARTS) is 1. The average Bonchev–Trinajstić information content (AvgIpc) is 3.29. The first kappa shape index (κ1) is 30.8. The van der Waals surface area contributed by atoms with Gasteiger partial charge in [0.2, 0.25) is 0 Å². The van der Waals surface area contributed by atoms with Crippen LogP contribution in [0.5, 0.6) is 0 Å². The van der Waals surface area contributed by atoms with Crippen LogP contribution in [0.3, 0.4) is 0 Å². The predicted octanol–water partition coefficient (Wildman–Crippen LogP) is 8.44. The molecule has 1 aromatic heterocycles. The molecule has 1 heterocycles. The number of aliphatic carboxylic acids is 1. The molecular formula is C32H39ClN2O3. The Kier molecular flexibility index (Phi) is 10.9. The van der Waals surface area contributed by atoms with Crippen LogP contribution in [0.25, 0.3) is 23.0 Å². The lowest BCUT2D eigenvalue weighted by atomic mass is 9.99. The Morgan fingerprint density at radius 2 is 1.79 bits per heavy atom. The number of benzene rings is 2. The molecule has 2 aromatic carbocycles. The molecule has 6 heteroatoms. The van der Waals surface area contributed by atoms with Gasteiger partial charge in [0.1, 0.15) is 5.60 Å². The molecule has 5 nitrogen and oxygen atoms in total. The van der Waals surface area contributed by atoms with Crippen molar-refractivity contribution in [2.24, 2.45) is 0 Å². The maximum absolute atomic E-state index is 11.2. The lowest BCUT2D eigenvalue weighted by Gasteiger charge is -2.15. The first-order valence-corrected chi connectivity index (χ1v) is 13.3. The van der Waals surface area contributed by atoms with Crippen LogP contribution in [0.2, 0.25) is 5.02 Å². The third-order valence-electron chi connectivity index (χ3n) is 5.89. The van der Waals surface area contributed by atoms with Crippen LogP contribution in [0.4, 0.5) is 0 Å². The zero-order chi connectivity index (χ0) is 28.6. The Balaban J connectivity index is 0.00000247. The van der Waals surface area contributed by atoms with Gasteiger partial charge in [-0.3, -0.25) is 0 Å². The van der Waals surface area contributed by atoms with Gasteiger partial charge in [0.05, 0.1) is 22.1 Å². The SMILES string of the molecule is CC.CC/C=C(/C=C/c1ccc(-c2cc(C(C)(C)O)nn2-c2c(C)cccc2Cl)c(C)c1)\C=C(/C)C(=O)O. The van der Waals surface area contributed by atoms with Crippen molar-refractivity contribution >= 4 is 23.6 Å². The Bertz CT molecular complexity index is 1350. The summed E-state index contributed by atoms with van der Waals surface area (Å²) in [5, 5.41) is 25.2. The van der Waals surface area contributed by atoms with Crippen LogP contribution in [0.1, 0.15) is 70.3 Å². The lowest BCUT2D eigenvalue weighted by Crippen LogP contribution is -2.16. The summed E-state index contributed by atoms with van der Waals surface area (Å²) in [5.74, 6) is -0.929. The summed E-state index contributed by atoms with van der Waals surface area (Å²) in [7, 11) is 0. The molecule has 0 fully saturated rings. The zero-order valence-corrected chi connectivity index (χ0v) is 24.4. The molecule has 0 saturated carbocycles. The van der Waals surface area contributed by atoms with Gasteiger partial charge in [0.15, 0.2) is 0 Å². The number of carboxylic acids is 1. The predicted molar refractivity (Wildman–Crippen MR) is 159 cm³/mol. The molecular weight excluding hydrogens is 496 g/mol. The minimum atomic E-state index is -1.12. The van der Waals surface area contributed by atoms with E-state index in [0.29, 0.717) is 10.7 Å². The number of hydrogen-bond donors (Lipinski definition) is 2. The van der Waals surface area contributed by atoms with E-state index >= 15 is 0 Å². The molecule has 3 aromatic rings. The van der Waals surface area contributed by atoms with Crippen LogP contribution in [0, 0.1) is 13.8 Å². The summed E-state index contributed by atoms with van der Waals surface area (Å²) in [6, 6.07) is 13.7. The van der Waals surface area contributed by atoms with Crippen LogP contribution < -0.4 is 0 Å². The molecule has 3 rings (SSSR count). The maximum Gasteiger partial charge on any atom is 0.331 e. The first-order valence-electron chi connectivity index (χ1n) is 12.9. The molecule has 0 saturated heterocycles. The molecule has 38 heavy (non-hydrogen) atoms. The van der Waals surface area contributed by atoms with E-state index in [1.165, 1.54) is 0 Å². The normalized spacial score (nSPS) is 12.5. The van der Waals surface area contributed by atoms with Gasteiger partial charge in [0.25, 0.3) is 0 Å². The van der Waals surface area contributed by atoms with Crippen molar-refractivity contribution in [3.8, 4) is 16.9 Å². The third kappa shape index (κ3) is 7.56. The lowest BCUT2D eigenvalue weighted by molar-refractivity contribution is -0.132. The van der Waals surface area contributed by atoms with Crippen LogP contribution in [-0.2, 0) is 10.4 Å². The highest BCUT2D eigenvalue weighted by Gasteiger charge is 2.25. The van der Waals surface area contributed by atoms with Crippen molar-refractivity contribution in [3.63, 3.8) is 0 Å². The molecule has 0 aliphatic rings. The number of carbonyl (C=O) groups is 1. The summed E-state index contributed by atoms with van der Waals surface area (Å²) in [6.07, 6.45) is 8.37. The number of aryl methyl sites for hydroxylation is 2. The number of para-hydroxylation sites is 1. The van der Waals surface area contributed by atoms with Gasteiger partial charge in [-0.05, 0) is 81.5 Å². The largest absolute Gasteiger partial charge is 0.478 e. The number of halogens is 1. The fraction of sp³-hybridized carbons (Fsp3) is 0.312. The van der Waals surface area contributed by atoms with E-state index in [9.17, 15) is 15.0 Å². The Morgan fingerprint density at radius 1 is 1.11 bits per heavy atom. The highest BCUT2D eigenvalue weighted by molar-refractivity contribution is 6.32. The molecule has 202 valence electrons. The van der Waals surface area contributed by atoms with Gasteiger partial charge in [-0.15, -0.1) is 0 Å². The van der Waals surface area contributed by atoms with Crippen LogP contribution >= 0.6 is 11.6 Å². The molecule has 0 radical (unpaired) electrons. The number of aromatic nitrogens is 2. The van der Waals surface area contributed by atoms with Crippen molar-refractivity contribution < 1.29 is 15.0 Å². The van der Waals surface area contributed by atoms with E-state index in [4.69, 9.17) is 16.7 Å². The molecule has 0 amide bonds. The molecule has 0 unspecified atom stereocenters. The van der Waals surface area contributed by atoms with Crippen LogP contribution in [-0.4, -0.2) is 26.0 Å². The summed E-state index contributed by atoms with van der Waals surface area (Å²) in [5.41, 5.74) is 6.16. The fourth-order valence-corrected chi connectivity index (χ4v) is 4.23. The van der Waals surface area contributed by atoms with E-state index in [1.807, 2.05) is 93.9 Å². The second-order valence-electron chi connectivity index (χ2n) is 9.44. The highest BCUT2D eigenvalue weighted by Crippen LogP contribution is 2.34. The summed E-state index contributed by atoms with van der Waals surface area (Å²) < 4.78 is 1.81. The highest BCUT2D eigenvalue weighted by atomic mass is 35.5. The van der Waals surface area contributed by atoms with Gasteiger partial charge >= 0.3 is 5.97 Å². The van der Waals surface area contributed by atoms with Gasteiger partial charge < -0.3 is 10.2 Å². The Labute approximate surface area is 231 Å². The van der Waals surface area contributed by atoms with E-state index in [2.05, 4.69) is 6.07 Å². The molecule has 0 bridgehead atoms. The van der Waals surface area contributed by atoms with E-state index < -0.39 is 11.6 Å². The standard InChI is InChI=1S/C30H33ClN2O3.C2H6/c1-7-9-22(17-21(4)29(34)35)12-13-23-14-15-24(20(3)16-23)26-18-27(30(5,6)36)32-33(26)28-19(2)10-8-11-25(28)31;1-2/h8-18,36H,7H2,1-6H3,(H,34,35);1-2H3/b13-12+,21-17+,22-9-;. The molecule has 0 atom stereocenters. The van der Waals surface area contributed by atoms with E-state index in [-0.39, 0.29) is 5.57 Å². The number of aliphatic hydroxyl groups is 1. The fourth-order valence-electron chi connectivity index (χ4n) is 3.93. The Morgan fingerprint density at radius 3 is 2.34 bits per heavy atom. The number of nitrogens with zero attached hydrogens (tertiary/aromatic N) is 2.